The number of hydrogen-bond acceptors (Lipinski definition) is 3. The molecule has 1 aliphatic carbocycles. The first kappa shape index (κ1) is 11.1. The Morgan fingerprint density at radius 2 is 1.73 bits per heavy atom. The predicted molar refractivity (Wildman–Crippen MR) is 57.5 cm³/mol. The van der Waals surface area contributed by atoms with Crippen LogP contribution in [0, 0.1) is 0 Å². The summed E-state index contributed by atoms with van der Waals surface area (Å²) in [6.07, 6.45) is 6.76. The summed E-state index contributed by atoms with van der Waals surface area (Å²) < 4.78 is 11.3. The Hall–Kier alpha value is -0.380. The van der Waals surface area contributed by atoms with Crippen molar-refractivity contribution >= 4 is 0 Å². The molecule has 0 bridgehead atoms. The van der Waals surface area contributed by atoms with Crippen LogP contribution >= 0.6 is 0 Å². The molecule has 3 nitrogen and oxygen atoms in total. The quantitative estimate of drug-likeness (QED) is 0.727. The summed E-state index contributed by atoms with van der Waals surface area (Å²) in [7, 11) is 0. The molecule has 3 heteroatoms. The SMILES string of the molecule is C=CCCC1(O)CCC2(CC1)OCCO2. The van der Waals surface area contributed by atoms with Gasteiger partial charge in [0.2, 0.25) is 0 Å². The summed E-state index contributed by atoms with van der Waals surface area (Å²) in [5.41, 5.74) is -0.519. The Balaban J connectivity index is 1.87. The average Bonchev–Trinajstić information content (AvgIpc) is 2.70. The smallest absolute Gasteiger partial charge is 0.168 e. The molecule has 2 rings (SSSR count). The molecule has 1 aliphatic heterocycles. The number of hydrogen-bond donors (Lipinski definition) is 1. The van der Waals surface area contributed by atoms with Crippen molar-refractivity contribution in [3.8, 4) is 0 Å². The first-order valence-electron chi connectivity index (χ1n) is 5.79. The number of aliphatic hydroxyl groups is 1. The predicted octanol–water partition coefficient (Wildman–Crippen LogP) is 2.00. The minimum absolute atomic E-state index is 0.361. The van der Waals surface area contributed by atoms with Crippen molar-refractivity contribution in [1.29, 1.82) is 0 Å². The first-order chi connectivity index (χ1) is 7.18. The van der Waals surface area contributed by atoms with E-state index in [1.807, 2.05) is 6.08 Å². The monoisotopic (exact) mass is 212 g/mol. The summed E-state index contributed by atoms with van der Waals surface area (Å²) >= 11 is 0. The Morgan fingerprint density at radius 3 is 2.27 bits per heavy atom. The lowest BCUT2D eigenvalue weighted by Crippen LogP contribution is -2.43. The van der Waals surface area contributed by atoms with Gasteiger partial charge in [-0.2, -0.15) is 0 Å². The van der Waals surface area contributed by atoms with Gasteiger partial charge in [0, 0.05) is 12.8 Å². The molecule has 1 N–H and O–H groups in total. The van der Waals surface area contributed by atoms with Crippen molar-refractivity contribution in [3.63, 3.8) is 0 Å². The van der Waals surface area contributed by atoms with Crippen molar-refractivity contribution in [2.45, 2.75) is 49.9 Å². The molecule has 1 spiro atoms. The van der Waals surface area contributed by atoms with Crippen LogP contribution in [0.2, 0.25) is 0 Å². The topological polar surface area (TPSA) is 38.7 Å². The zero-order chi connectivity index (χ0) is 10.8. The Bertz CT molecular complexity index is 221. The largest absolute Gasteiger partial charge is 0.390 e. The van der Waals surface area contributed by atoms with Crippen LogP contribution in [0.15, 0.2) is 12.7 Å². The lowest BCUT2D eigenvalue weighted by molar-refractivity contribution is -0.203. The van der Waals surface area contributed by atoms with E-state index in [9.17, 15) is 5.11 Å². The fourth-order valence-corrected chi connectivity index (χ4v) is 2.50. The van der Waals surface area contributed by atoms with E-state index in [0.29, 0.717) is 13.2 Å². The highest BCUT2D eigenvalue weighted by Gasteiger charge is 2.44. The molecule has 2 aliphatic rings. The fraction of sp³-hybridized carbons (Fsp3) is 0.833. The number of ether oxygens (including phenoxy) is 2. The van der Waals surface area contributed by atoms with Gasteiger partial charge in [0.1, 0.15) is 0 Å². The van der Waals surface area contributed by atoms with E-state index in [2.05, 4.69) is 6.58 Å². The van der Waals surface area contributed by atoms with E-state index < -0.39 is 5.60 Å². The molecule has 1 saturated heterocycles. The second-order valence-corrected chi connectivity index (χ2v) is 4.66. The summed E-state index contributed by atoms with van der Waals surface area (Å²) in [5, 5.41) is 10.3. The summed E-state index contributed by atoms with van der Waals surface area (Å²) in [6, 6.07) is 0. The molecule has 15 heavy (non-hydrogen) atoms. The van der Waals surface area contributed by atoms with Gasteiger partial charge >= 0.3 is 0 Å². The van der Waals surface area contributed by atoms with E-state index in [0.717, 1.165) is 38.5 Å². The highest BCUT2D eigenvalue weighted by Crippen LogP contribution is 2.41. The molecule has 86 valence electrons. The van der Waals surface area contributed by atoms with Gasteiger partial charge < -0.3 is 14.6 Å². The van der Waals surface area contributed by atoms with Gasteiger partial charge in [-0.1, -0.05) is 6.08 Å². The molecular formula is C12H20O3. The third kappa shape index (κ3) is 2.41. The lowest BCUT2D eigenvalue weighted by atomic mass is 9.79. The van der Waals surface area contributed by atoms with Gasteiger partial charge in [-0.15, -0.1) is 6.58 Å². The maximum absolute atomic E-state index is 10.3. The lowest BCUT2D eigenvalue weighted by Gasteiger charge is -2.40. The van der Waals surface area contributed by atoms with Crippen LogP contribution in [-0.2, 0) is 9.47 Å². The van der Waals surface area contributed by atoms with Crippen LogP contribution in [0.1, 0.15) is 38.5 Å². The van der Waals surface area contributed by atoms with Crippen molar-refractivity contribution in [1.82, 2.24) is 0 Å². The molecule has 0 aromatic rings. The molecule has 1 heterocycles. The Kier molecular flexibility index (Phi) is 3.14. The van der Waals surface area contributed by atoms with Crippen molar-refractivity contribution in [2.24, 2.45) is 0 Å². The third-order valence-corrected chi connectivity index (χ3v) is 3.57. The Labute approximate surface area is 91.1 Å². The first-order valence-corrected chi connectivity index (χ1v) is 5.79. The third-order valence-electron chi connectivity index (χ3n) is 3.57. The molecule has 0 aromatic carbocycles. The van der Waals surface area contributed by atoms with E-state index in [1.165, 1.54) is 0 Å². The molecule has 0 amide bonds. The second-order valence-electron chi connectivity index (χ2n) is 4.66. The van der Waals surface area contributed by atoms with Crippen molar-refractivity contribution in [3.05, 3.63) is 12.7 Å². The van der Waals surface area contributed by atoms with Gasteiger partial charge in [-0.25, -0.2) is 0 Å². The van der Waals surface area contributed by atoms with E-state index >= 15 is 0 Å². The zero-order valence-corrected chi connectivity index (χ0v) is 9.21. The molecular weight excluding hydrogens is 192 g/mol. The van der Waals surface area contributed by atoms with Crippen molar-refractivity contribution in [2.75, 3.05) is 13.2 Å². The highest BCUT2D eigenvalue weighted by molar-refractivity contribution is 4.92. The van der Waals surface area contributed by atoms with E-state index in [4.69, 9.17) is 9.47 Å². The Morgan fingerprint density at radius 1 is 1.13 bits per heavy atom. The zero-order valence-electron chi connectivity index (χ0n) is 9.21. The van der Waals surface area contributed by atoms with Crippen LogP contribution in [0.4, 0.5) is 0 Å². The molecule has 0 radical (unpaired) electrons. The van der Waals surface area contributed by atoms with Gasteiger partial charge in [0.25, 0.3) is 0 Å². The second kappa shape index (κ2) is 4.24. The van der Waals surface area contributed by atoms with Gasteiger partial charge in [0.05, 0.1) is 18.8 Å². The average molecular weight is 212 g/mol. The minimum atomic E-state index is -0.519. The molecule has 0 unspecified atom stereocenters. The maximum atomic E-state index is 10.3. The summed E-state index contributed by atoms with van der Waals surface area (Å²) in [5.74, 6) is -0.361. The van der Waals surface area contributed by atoms with Crippen LogP contribution in [-0.4, -0.2) is 29.7 Å². The summed E-state index contributed by atoms with van der Waals surface area (Å²) in [4.78, 5) is 0. The fourth-order valence-electron chi connectivity index (χ4n) is 2.50. The van der Waals surface area contributed by atoms with E-state index in [-0.39, 0.29) is 5.79 Å². The van der Waals surface area contributed by atoms with Gasteiger partial charge in [0.15, 0.2) is 5.79 Å². The minimum Gasteiger partial charge on any atom is -0.390 e. The molecule has 0 atom stereocenters. The van der Waals surface area contributed by atoms with Crippen LogP contribution < -0.4 is 0 Å². The van der Waals surface area contributed by atoms with Crippen LogP contribution in [0.25, 0.3) is 0 Å². The molecule has 0 aromatic heterocycles. The van der Waals surface area contributed by atoms with Crippen LogP contribution in [0.3, 0.4) is 0 Å². The standard InChI is InChI=1S/C12H20O3/c1-2-3-4-11(13)5-7-12(8-6-11)14-9-10-15-12/h2,13H,1,3-10H2. The van der Waals surface area contributed by atoms with Gasteiger partial charge in [-0.3, -0.25) is 0 Å². The van der Waals surface area contributed by atoms with Crippen molar-refractivity contribution < 1.29 is 14.6 Å². The maximum Gasteiger partial charge on any atom is 0.168 e. The van der Waals surface area contributed by atoms with Gasteiger partial charge in [-0.05, 0) is 25.7 Å². The molecule has 2 fully saturated rings. The summed E-state index contributed by atoms with van der Waals surface area (Å²) in [6.45, 7) is 5.09. The molecule has 1 saturated carbocycles. The normalized spacial score (nSPS) is 28.1. The number of allylic oxidation sites excluding steroid dienone is 1. The highest BCUT2D eigenvalue weighted by atomic mass is 16.7. The van der Waals surface area contributed by atoms with E-state index in [1.54, 1.807) is 0 Å². The van der Waals surface area contributed by atoms with Crippen LogP contribution in [0.5, 0.6) is 0 Å². The number of rotatable bonds is 3.